The van der Waals surface area contributed by atoms with Gasteiger partial charge in [0.15, 0.2) is 0 Å². The molecule has 4 rings (SSSR count). The van der Waals surface area contributed by atoms with Gasteiger partial charge in [0.05, 0.1) is 26.8 Å². The average molecular weight is 528 g/mol. The molecule has 1 aliphatic heterocycles. The van der Waals surface area contributed by atoms with Gasteiger partial charge in [-0.3, -0.25) is 4.79 Å². The number of fused-ring (bicyclic) bond motifs is 1. The summed E-state index contributed by atoms with van der Waals surface area (Å²) in [5.41, 5.74) is 1.77. The third-order valence-corrected chi connectivity index (χ3v) is 6.77. The molecule has 0 saturated carbocycles. The molecule has 2 heterocycles. The van der Waals surface area contributed by atoms with E-state index in [-0.39, 0.29) is 23.0 Å². The summed E-state index contributed by atoms with van der Waals surface area (Å²) in [6.07, 6.45) is -2.86. The third-order valence-electron chi connectivity index (χ3n) is 5.99. The molecule has 11 heteroatoms. The highest BCUT2D eigenvalue weighted by Gasteiger charge is 2.31. The van der Waals surface area contributed by atoms with E-state index < -0.39 is 11.7 Å². The number of hydrogen-bond acceptors (Lipinski definition) is 4. The Morgan fingerprint density at radius 1 is 1.14 bits per heavy atom. The molecule has 188 valence electrons. The second kappa shape index (κ2) is 9.78. The molecule has 2 N–H and O–H groups in total. The van der Waals surface area contributed by atoms with Crippen LogP contribution in [0.15, 0.2) is 30.3 Å². The Kier molecular flexibility index (Phi) is 7.11. The van der Waals surface area contributed by atoms with Crippen molar-refractivity contribution in [3.8, 4) is 0 Å². The molecular formula is C24H26Cl2F3N5O. The number of benzene rings is 2. The monoisotopic (exact) mass is 527 g/mol. The molecule has 1 amide bonds. The molecule has 1 saturated heterocycles. The SMILES string of the molecule is CC(=O)Nc1c(Cl)c(Cl)cc2c1nc(NC(C)C)n2C1CCN(c2ccc(C(F)(F)F)cc2)CC1. The number of imidazole rings is 1. The number of nitrogens with one attached hydrogen (secondary N) is 2. The average Bonchev–Trinajstić information content (AvgIpc) is 3.13. The quantitative estimate of drug-likeness (QED) is 0.375. The van der Waals surface area contributed by atoms with Crippen LogP contribution in [0.25, 0.3) is 11.0 Å². The molecule has 0 spiro atoms. The van der Waals surface area contributed by atoms with Crippen molar-refractivity contribution in [1.82, 2.24) is 9.55 Å². The van der Waals surface area contributed by atoms with Crippen molar-refractivity contribution in [2.45, 2.75) is 51.9 Å². The van der Waals surface area contributed by atoms with E-state index in [1.165, 1.54) is 19.1 Å². The fraction of sp³-hybridized carbons (Fsp3) is 0.417. The van der Waals surface area contributed by atoms with Gasteiger partial charge in [-0.05, 0) is 57.0 Å². The van der Waals surface area contributed by atoms with Crippen LogP contribution >= 0.6 is 23.2 Å². The highest BCUT2D eigenvalue weighted by Crippen LogP contribution is 2.41. The zero-order valence-corrected chi connectivity index (χ0v) is 21.0. The minimum absolute atomic E-state index is 0.0642. The summed E-state index contributed by atoms with van der Waals surface area (Å²) in [5, 5.41) is 6.66. The van der Waals surface area contributed by atoms with Gasteiger partial charge in [0.1, 0.15) is 5.52 Å². The van der Waals surface area contributed by atoms with Crippen LogP contribution in [0.4, 0.5) is 30.5 Å². The number of carbonyl (C=O) groups is 1. The minimum atomic E-state index is -4.35. The van der Waals surface area contributed by atoms with Gasteiger partial charge in [-0.25, -0.2) is 4.98 Å². The number of amides is 1. The van der Waals surface area contributed by atoms with Crippen molar-refractivity contribution in [1.29, 1.82) is 0 Å². The number of hydrogen-bond donors (Lipinski definition) is 2. The van der Waals surface area contributed by atoms with Crippen LogP contribution < -0.4 is 15.5 Å². The second-order valence-electron chi connectivity index (χ2n) is 8.96. The standard InChI is InChI=1S/C24H26Cl2F3N5O/c1-13(2)30-23-32-21-19(12-18(25)20(26)22(21)31-14(3)35)34(23)17-8-10-33(11-9-17)16-6-4-15(5-7-16)24(27,28)29/h4-7,12-13,17H,8-11H2,1-3H3,(H,30,32)(H,31,35). The van der Waals surface area contributed by atoms with Crippen LogP contribution in [-0.4, -0.2) is 34.6 Å². The minimum Gasteiger partial charge on any atom is -0.371 e. The first kappa shape index (κ1) is 25.4. The highest BCUT2D eigenvalue weighted by molar-refractivity contribution is 6.45. The molecule has 0 aliphatic carbocycles. The largest absolute Gasteiger partial charge is 0.416 e. The van der Waals surface area contributed by atoms with Crippen LogP contribution in [0.3, 0.4) is 0 Å². The highest BCUT2D eigenvalue weighted by atomic mass is 35.5. The third kappa shape index (κ3) is 5.30. The van der Waals surface area contributed by atoms with E-state index in [0.29, 0.717) is 35.3 Å². The number of rotatable bonds is 5. The smallest absolute Gasteiger partial charge is 0.371 e. The van der Waals surface area contributed by atoms with E-state index in [0.717, 1.165) is 36.2 Å². The Hall–Kier alpha value is -2.65. The van der Waals surface area contributed by atoms with E-state index in [1.807, 2.05) is 13.8 Å². The van der Waals surface area contributed by atoms with Gasteiger partial charge < -0.3 is 20.1 Å². The zero-order valence-electron chi connectivity index (χ0n) is 19.5. The molecule has 0 atom stereocenters. The molecule has 6 nitrogen and oxygen atoms in total. The predicted molar refractivity (Wildman–Crippen MR) is 135 cm³/mol. The van der Waals surface area contributed by atoms with E-state index in [4.69, 9.17) is 28.2 Å². The molecule has 1 aliphatic rings. The first-order valence-corrected chi connectivity index (χ1v) is 12.1. The summed E-state index contributed by atoms with van der Waals surface area (Å²) >= 11 is 12.8. The predicted octanol–water partition coefficient (Wildman–Crippen LogP) is 6.98. The second-order valence-corrected chi connectivity index (χ2v) is 9.75. The summed E-state index contributed by atoms with van der Waals surface area (Å²) in [4.78, 5) is 18.7. The van der Waals surface area contributed by atoms with Gasteiger partial charge in [-0.2, -0.15) is 13.2 Å². The van der Waals surface area contributed by atoms with E-state index in [1.54, 1.807) is 6.07 Å². The summed E-state index contributed by atoms with van der Waals surface area (Å²) in [5.74, 6) is 0.362. The topological polar surface area (TPSA) is 62.2 Å². The fourth-order valence-corrected chi connectivity index (χ4v) is 4.83. The van der Waals surface area contributed by atoms with Crippen LogP contribution in [0, 0.1) is 0 Å². The first-order chi connectivity index (χ1) is 16.5. The molecule has 35 heavy (non-hydrogen) atoms. The summed E-state index contributed by atoms with van der Waals surface area (Å²) in [7, 11) is 0. The van der Waals surface area contributed by atoms with E-state index in [2.05, 4.69) is 20.1 Å². The lowest BCUT2D eigenvalue weighted by Gasteiger charge is -2.35. The van der Waals surface area contributed by atoms with Crippen molar-refractivity contribution in [3.05, 3.63) is 45.9 Å². The fourth-order valence-electron chi connectivity index (χ4n) is 4.44. The zero-order chi connectivity index (χ0) is 25.5. The Morgan fingerprint density at radius 2 is 1.77 bits per heavy atom. The number of alkyl halides is 3. The molecule has 0 unspecified atom stereocenters. The molecule has 1 aromatic heterocycles. The summed E-state index contributed by atoms with van der Waals surface area (Å²) in [6, 6.07) is 7.19. The number of aromatic nitrogens is 2. The van der Waals surface area contributed by atoms with Crippen molar-refractivity contribution < 1.29 is 18.0 Å². The molecular weight excluding hydrogens is 502 g/mol. The van der Waals surface area contributed by atoms with Crippen LogP contribution in [0.1, 0.15) is 45.2 Å². The molecule has 0 bridgehead atoms. The maximum atomic E-state index is 12.9. The maximum Gasteiger partial charge on any atom is 0.416 e. The number of halogens is 5. The number of piperidine rings is 1. The van der Waals surface area contributed by atoms with Crippen LogP contribution in [0.5, 0.6) is 0 Å². The van der Waals surface area contributed by atoms with E-state index in [9.17, 15) is 18.0 Å². The Labute approximate surface area is 211 Å². The normalized spacial score (nSPS) is 15.2. The first-order valence-electron chi connectivity index (χ1n) is 11.3. The number of carbonyl (C=O) groups excluding carboxylic acids is 1. The lowest BCUT2D eigenvalue weighted by Crippen LogP contribution is -2.35. The van der Waals surface area contributed by atoms with Crippen molar-refractivity contribution in [2.75, 3.05) is 28.6 Å². The van der Waals surface area contributed by atoms with Gasteiger partial charge >= 0.3 is 6.18 Å². The Balaban J connectivity index is 1.65. The maximum absolute atomic E-state index is 12.9. The van der Waals surface area contributed by atoms with Gasteiger partial charge in [-0.15, -0.1) is 0 Å². The molecule has 0 radical (unpaired) electrons. The van der Waals surface area contributed by atoms with Crippen molar-refractivity contribution >= 4 is 57.5 Å². The van der Waals surface area contributed by atoms with Gasteiger partial charge in [0.25, 0.3) is 0 Å². The van der Waals surface area contributed by atoms with Gasteiger partial charge in [0.2, 0.25) is 11.9 Å². The van der Waals surface area contributed by atoms with Crippen molar-refractivity contribution in [2.24, 2.45) is 0 Å². The summed E-state index contributed by atoms with van der Waals surface area (Å²) in [6.45, 7) is 6.73. The molecule has 1 fully saturated rings. The van der Waals surface area contributed by atoms with Gasteiger partial charge in [0, 0.05) is 37.8 Å². The van der Waals surface area contributed by atoms with Gasteiger partial charge in [-0.1, -0.05) is 23.2 Å². The molecule has 2 aromatic carbocycles. The van der Waals surface area contributed by atoms with E-state index >= 15 is 0 Å². The lowest BCUT2D eigenvalue weighted by molar-refractivity contribution is -0.137. The number of anilines is 3. The Morgan fingerprint density at radius 3 is 2.31 bits per heavy atom. The Bertz CT molecular complexity index is 1230. The molecule has 3 aromatic rings. The van der Waals surface area contributed by atoms with Crippen LogP contribution in [-0.2, 0) is 11.0 Å². The summed E-state index contributed by atoms with van der Waals surface area (Å²) < 4.78 is 40.8. The van der Waals surface area contributed by atoms with Crippen LogP contribution in [0.2, 0.25) is 10.0 Å². The lowest BCUT2D eigenvalue weighted by atomic mass is 10.0. The number of nitrogens with zero attached hydrogens (tertiary/aromatic N) is 3. The van der Waals surface area contributed by atoms with Crippen molar-refractivity contribution in [3.63, 3.8) is 0 Å².